The van der Waals surface area contributed by atoms with Crippen molar-refractivity contribution in [1.82, 2.24) is 0 Å². The van der Waals surface area contributed by atoms with E-state index < -0.39 is 11.7 Å². The van der Waals surface area contributed by atoms with Gasteiger partial charge in [0.05, 0.1) is 0 Å². The molecule has 0 heterocycles. The van der Waals surface area contributed by atoms with Gasteiger partial charge in [-0.05, 0) is 0 Å². The molecule has 0 aliphatic rings. The molecule has 1 aromatic carbocycles. The molecular weight excluding hydrogens is 345 g/mol. The summed E-state index contributed by atoms with van der Waals surface area (Å²) in [5.41, 5.74) is -0.211. The van der Waals surface area contributed by atoms with E-state index in [0.717, 1.165) is 6.07 Å². The van der Waals surface area contributed by atoms with Gasteiger partial charge in [0.2, 0.25) is 0 Å². The van der Waals surface area contributed by atoms with Crippen molar-refractivity contribution in [3.05, 3.63) is 35.4 Å². The van der Waals surface area contributed by atoms with E-state index in [4.69, 9.17) is 0 Å². The fourth-order valence-corrected chi connectivity index (χ4v) is 0.750. The summed E-state index contributed by atoms with van der Waals surface area (Å²) in [6, 6.07) is 6.18. The summed E-state index contributed by atoms with van der Waals surface area (Å²) < 4.78 is 35.8. The smallest absolute Gasteiger partial charge is 0.172 e. The number of rotatable bonds is 0. The zero-order chi connectivity index (χ0) is 8.48. The Morgan fingerprint density at radius 2 is 1.83 bits per heavy atom. The molecule has 0 aromatic heterocycles. The van der Waals surface area contributed by atoms with E-state index in [2.05, 4.69) is 6.07 Å². The summed E-state index contributed by atoms with van der Waals surface area (Å²) in [4.78, 5) is 0. The number of halogens is 3. The van der Waals surface area contributed by atoms with Crippen molar-refractivity contribution in [2.45, 2.75) is 13.1 Å². The molecule has 1 rings (SSSR count). The van der Waals surface area contributed by atoms with Gasteiger partial charge in [0, 0.05) is 20.1 Å². The quantitative estimate of drug-likeness (QED) is 0.631. The molecule has 0 aliphatic heterocycles. The maximum atomic E-state index is 11.9. The van der Waals surface area contributed by atoms with E-state index in [-0.39, 0.29) is 20.1 Å². The van der Waals surface area contributed by atoms with Crippen LogP contribution in [0.2, 0.25) is 0 Å². The van der Waals surface area contributed by atoms with Crippen molar-refractivity contribution < 1.29 is 33.3 Å². The van der Waals surface area contributed by atoms with Gasteiger partial charge in [-0.3, -0.25) is 0 Å². The average molecular weight is 351 g/mol. The number of aryl methyl sites for hydroxylation is 1. The Kier molecular flexibility index (Phi) is 3.94. The van der Waals surface area contributed by atoms with Crippen LogP contribution in [0.5, 0.6) is 0 Å². The summed E-state index contributed by atoms with van der Waals surface area (Å²) >= 11 is 0. The molecule has 0 aliphatic carbocycles. The largest absolute Gasteiger partial charge is 0.394 e. The van der Waals surface area contributed by atoms with Gasteiger partial charge in [0.1, 0.15) is 0 Å². The first-order chi connectivity index (χ1) is 5.00. The molecule has 0 N–H and O–H groups in total. The molecule has 69 valence electrons. The fraction of sp³-hybridized carbons (Fsp3) is 0.250. The van der Waals surface area contributed by atoms with E-state index in [1.165, 1.54) is 6.07 Å². The number of alkyl halides is 3. The van der Waals surface area contributed by atoms with Gasteiger partial charge >= 0.3 is 6.18 Å². The van der Waals surface area contributed by atoms with E-state index >= 15 is 0 Å². The van der Waals surface area contributed by atoms with Gasteiger partial charge in [-0.1, -0.05) is 12.5 Å². The summed E-state index contributed by atoms with van der Waals surface area (Å²) in [6.45, 7) is 1.58. The van der Waals surface area contributed by atoms with Crippen molar-refractivity contribution in [3.8, 4) is 0 Å². The fourth-order valence-electron chi connectivity index (χ4n) is 0.750. The van der Waals surface area contributed by atoms with Crippen LogP contribution >= 0.6 is 0 Å². The van der Waals surface area contributed by atoms with Crippen LogP contribution in [0.4, 0.5) is 13.2 Å². The van der Waals surface area contributed by atoms with E-state index in [9.17, 15) is 13.2 Å². The third-order valence-electron chi connectivity index (χ3n) is 1.25. The minimum Gasteiger partial charge on any atom is -0.172 e. The molecule has 4 heteroatoms. The SMILES string of the molecule is Cc1[c-]c(C(F)(F)F)ccc1.[Ir]. The first-order valence-corrected chi connectivity index (χ1v) is 3.06. The third-order valence-corrected chi connectivity index (χ3v) is 1.25. The van der Waals surface area contributed by atoms with Crippen molar-refractivity contribution >= 4 is 0 Å². The molecule has 0 atom stereocenters. The Balaban J connectivity index is 0.00000121. The van der Waals surface area contributed by atoms with Gasteiger partial charge in [0.15, 0.2) is 0 Å². The molecule has 0 fully saturated rings. The van der Waals surface area contributed by atoms with Crippen LogP contribution < -0.4 is 0 Å². The monoisotopic (exact) mass is 352 g/mol. The molecule has 12 heavy (non-hydrogen) atoms. The zero-order valence-corrected chi connectivity index (χ0v) is 8.59. The minimum absolute atomic E-state index is 0. The second-order valence-corrected chi connectivity index (χ2v) is 2.25. The van der Waals surface area contributed by atoms with Crippen LogP contribution in [0.25, 0.3) is 0 Å². The van der Waals surface area contributed by atoms with Gasteiger partial charge < -0.3 is 0 Å². The van der Waals surface area contributed by atoms with E-state index in [1.54, 1.807) is 13.0 Å². The van der Waals surface area contributed by atoms with Crippen molar-refractivity contribution in [3.63, 3.8) is 0 Å². The van der Waals surface area contributed by atoms with Crippen molar-refractivity contribution in [2.24, 2.45) is 0 Å². The van der Waals surface area contributed by atoms with Crippen LogP contribution in [-0.2, 0) is 26.3 Å². The molecule has 0 amide bonds. The van der Waals surface area contributed by atoms with Gasteiger partial charge in [-0.25, -0.2) is 0 Å². The summed E-state index contributed by atoms with van der Waals surface area (Å²) in [5, 5.41) is 0. The van der Waals surface area contributed by atoms with Crippen LogP contribution in [0.3, 0.4) is 0 Å². The molecule has 0 saturated heterocycles. The summed E-state index contributed by atoms with van der Waals surface area (Å²) in [6.07, 6.45) is -4.27. The summed E-state index contributed by atoms with van der Waals surface area (Å²) in [5.74, 6) is 0. The van der Waals surface area contributed by atoms with Crippen LogP contribution in [0.15, 0.2) is 18.2 Å². The zero-order valence-electron chi connectivity index (χ0n) is 6.20. The molecule has 0 unspecified atom stereocenters. The maximum absolute atomic E-state index is 11.9. The van der Waals surface area contributed by atoms with Crippen molar-refractivity contribution in [2.75, 3.05) is 0 Å². The number of benzene rings is 1. The molecule has 0 bridgehead atoms. The Bertz CT molecular complexity index is 255. The standard InChI is InChI=1S/C8H6F3.Ir/c1-6-3-2-4-7(5-6)8(9,10)11;/h2-4H,1H3;/q-1;. The molecule has 0 saturated carbocycles. The second kappa shape index (κ2) is 4.06. The van der Waals surface area contributed by atoms with Crippen LogP contribution in [0.1, 0.15) is 11.1 Å². The number of hydrogen-bond acceptors (Lipinski definition) is 0. The molecule has 0 nitrogen and oxygen atoms in total. The van der Waals surface area contributed by atoms with Crippen LogP contribution in [0, 0.1) is 13.0 Å². The first-order valence-electron chi connectivity index (χ1n) is 3.06. The van der Waals surface area contributed by atoms with E-state index in [1.807, 2.05) is 0 Å². The molecular formula is C8H6F3Ir-. The Morgan fingerprint density at radius 1 is 1.25 bits per heavy atom. The number of hydrogen-bond donors (Lipinski definition) is 0. The Morgan fingerprint density at radius 3 is 2.17 bits per heavy atom. The average Bonchev–Trinajstić information content (AvgIpc) is 1.86. The predicted octanol–water partition coefficient (Wildman–Crippen LogP) is 2.81. The van der Waals surface area contributed by atoms with Crippen LogP contribution in [-0.4, -0.2) is 0 Å². The van der Waals surface area contributed by atoms with Crippen molar-refractivity contribution in [1.29, 1.82) is 0 Å². The minimum atomic E-state index is -4.27. The Labute approximate surface area is 82.1 Å². The molecule has 1 radical (unpaired) electrons. The van der Waals surface area contributed by atoms with Gasteiger partial charge in [-0.15, -0.1) is 0 Å². The van der Waals surface area contributed by atoms with E-state index in [0.29, 0.717) is 5.56 Å². The Hall–Kier alpha value is -0.341. The molecule has 0 spiro atoms. The second-order valence-electron chi connectivity index (χ2n) is 2.25. The maximum Gasteiger partial charge on any atom is 0.394 e. The normalized spacial score (nSPS) is 10.7. The molecule has 1 aromatic rings. The van der Waals surface area contributed by atoms with Gasteiger partial charge in [0.25, 0.3) is 0 Å². The summed E-state index contributed by atoms with van der Waals surface area (Å²) in [7, 11) is 0. The predicted molar refractivity (Wildman–Crippen MR) is 35.0 cm³/mol. The first kappa shape index (κ1) is 11.7. The topological polar surface area (TPSA) is 0 Å². The third kappa shape index (κ3) is 2.95. The van der Waals surface area contributed by atoms with Gasteiger partial charge in [-0.2, -0.15) is 43.0 Å².